The molecular formula is C25H22N2. The summed E-state index contributed by atoms with van der Waals surface area (Å²) in [5, 5.41) is 6.88. The van der Waals surface area contributed by atoms with Crippen LogP contribution in [0.5, 0.6) is 0 Å². The molecule has 0 heterocycles. The lowest BCUT2D eigenvalue weighted by atomic mass is 10.0. The molecule has 2 nitrogen and oxygen atoms in total. The molecule has 132 valence electrons. The summed E-state index contributed by atoms with van der Waals surface area (Å²) in [4.78, 5) is 0. The minimum Gasteiger partial charge on any atom is -0.356 e. The van der Waals surface area contributed by atoms with Crippen LogP contribution < -0.4 is 10.6 Å². The number of hydrogen-bond acceptors (Lipinski definition) is 2. The molecule has 0 aromatic heterocycles. The lowest BCUT2D eigenvalue weighted by Gasteiger charge is -2.10. The molecule has 0 aliphatic rings. The molecule has 2 N–H and O–H groups in total. The second-order valence-electron chi connectivity index (χ2n) is 6.56. The molecule has 0 saturated carbocycles. The van der Waals surface area contributed by atoms with Gasteiger partial charge < -0.3 is 10.6 Å². The van der Waals surface area contributed by atoms with E-state index in [2.05, 4.69) is 83.4 Å². The van der Waals surface area contributed by atoms with Crippen LogP contribution in [0.1, 0.15) is 11.1 Å². The SMILES string of the molecule is c1ccc(Nc2ccc(Cc3cccc(Nc4ccccc4)c3)cc2)cc1. The maximum absolute atomic E-state index is 3.46. The molecular weight excluding hydrogens is 328 g/mol. The van der Waals surface area contributed by atoms with Crippen molar-refractivity contribution in [2.45, 2.75) is 6.42 Å². The van der Waals surface area contributed by atoms with Crippen molar-refractivity contribution in [3.8, 4) is 0 Å². The second kappa shape index (κ2) is 8.24. The van der Waals surface area contributed by atoms with Gasteiger partial charge in [0.15, 0.2) is 0 Å². The van der Waals surface area contributed by atoms with Crippen molar-refractivity contribution in [1.82, 2.24) is 0 Å². The van der Waals surface area contributed by atoms with Crippen molar-refractivity contribution in [3.63, 3.8) is 0 Å². The van der Waals surface area contributed by atoms with Crippen LogP contribution in [0, 0.1) is 0 Å². The van der Waals surface area contributed by atoms with Gasteiger partial charge in [0.25, 0.3) is 0 Å². The van der Waals surface area contributed by atoms with Gasteiger partial charge in [-0.2, -0.15) is 0 Å². The lowest BCUT2D eigenvalue weighted by Crippen LogP contribution is -1.94. The number of hydrogen-bond donors (Lipinski definition) is 2. The van der Waals surface area contributed by atoms with E-state index >= 15 is 0 Å². The maximum Gasteiger partial charge on any atom is 0.0387 e. The Bertz CT molecular complexity index is 977. The third-order valence-electron chi connectivity index (χ3n) is 4.41. The summed E-state index contributed by atoms with van der Waals surface area (Å²) in [6.07, 6.45) is 0.913. The quantitative estimate of drug-likeness (QED) is 0.401. The van der Waals surface area contributed by atoms with Gasteiger partial charge in [-0.05, 0) is 66.1 Å². The van der Waals surface area contributed by atoms with Crippen LogP contribution in [0.15, 0.2) is 109 Å². The van der Waals surface area contributed by atoms with Crippen LogP contribution in [0.3, 0.4) is 0 Å². The first-order valence-electron chi connectivity index (χ1n) is 9.17. The standard InChI is InChI=1S/C25H22N2/c1-3-9-22(10-4-1)26-24-16-14-20(15-17-24)18-21-8-7-13-25(19-21)27-23-11-5-2-6-12-23/h1-17,19,26-27H,18H2. The van der Waals surface area contributed by atoms with E-state index in [0.29, 0.717) is 0 Å². The molecule has 0 aliphatic heterocycles. The molecule has 0 bridgehead atoms. The fourth-order valence-corrected chi connectivity index (χ4v) is 3.08. The molecule has 4 aromatic carbocycles. The molecule has 27 heavy (non-hydrogen) atoms. The number of benzene rings is 4. The molecule has 0 radical (unpaired) electrons. The average Bonchev–Trinajstić information content (AvgIpc) is 2.71. The van der Waals surface area contributed by atoms with E-state index in [0.717, 1.165) is 29.2 Å². The molecule has 4 aromatic rings. The Hall–Kier alpha value is -3.52. The van der Waals surface area contributed by atoms with Crippen LogP contribution in [0.4, 0.5) is 22.7 Å². The Morgan fingerprint density at radius 1 is 0.407 bits per heavy atom. The highest BCUT2D eigenvalue weighted by atomic mass is 14.9. The zero-order valence-electron chi connectivity index (χ0n) is 15.1. The van der Waals surface area contributed by atoms with Crippen molar-refractivity contribution in [1.29, 1.82) is 0 Å². The zero-order valence-corrected chi connectivity index (χ0v) is 15.1. The summed E-state index contributed by atoms with van der Waals surface area (Å²) in [7, 11) is 0. The Kier molecular flexibility index (Phi) is 5.16. The number of rotatable bonds is 6. The summed E-state index contributed by atoms with van der Waals surface area (Å²) < 4.78 is 0. The van der Waals surface area contributed by atoms with Crippen LogP contribution in [0.25, 0.3) is 0 Å². The predicted octanol–water partition coefficient (Wildman–Crippen LogP) is 6.76. The second-order valence-corrected chi connectivity index (χ2v) is 6.56. The molecule has 4 rings (SSSR count). The van der Waals surface area contributed by atoms with E-state index in [1.165, 1.54) is 11.1 Å². The van der Waals surface area contributed by atoms with Crippen molar-refractivity contribution in [3.05, 3.63) is 120 Å². The van der Waals surface area contributed by atoms with Crippen LogP contribution >= 0.6 is 0 Å². The summed E-state index contributed by atoms with van der Waals surface area (Å²) in [6.45, 7) is 0. The Morgan fingerprint density at radius 3 is 1.56 bits per heavy atom. The molecule has 0 fully saturated rings. The number of nitrogens with one attached hydrogen (secondary N) is 2. The summed E-state index contributed by atoms with van der Waals surface area (Å²) in [5.74, 6) is 0. The fraction of sp³-hybridized carbons (Fsp3) is 0.0400. The van der Waals surface area contributed by atoms with Gasteiger partial charge in [0, 0.05) is 22.7 Å². The predicted molar refractivity (Wildman–Crippen MR) is 115 cm³/mol. The highest BCUT2D eigenvalue weighted by molar-refractivity contribution is 5.61. The maximum atomic E-state index is 3.46. The highest BCUT2D eigenvalue weighted by Crippen LogP contribution is 2.21. The van der Waals surface area contributed by atoms with Gasteiger partial charge in [0.05, 0.1) is 0 Å². The van der Waals surface area contributed by atoms with E-state index < -0.39 is 0 Å². The van der Waals surface area contributed by atoms with E-state index in [9.17, 15) is 0 Å². The highest BCUT2D eigenvalue weighted by Gasteiger charge is 2.00. The molecule has 0 spiro atoms. The summed E-state index contributed by atoms with van der Waals surface area (Å²) in [6, 6.07) is 37.7. The van der Waals surface area contributed by atoms with Gasteiger partial charge in [-0.25, -0.2) is 0 Å². The van der Waals surface area contributed by atoms with Crippen LogP contribution in [-0.2, 0) is 6.42 Å². The van der Waals surface area contributed by atoms with Gasteiger partial charge in [0.2, 0.25) is 0 Å². The third-order valence-corrected chi connectivity index (χ3v) is 4.41. The smallest absolute Gasteiger partial charge is 0.0387 e. The fourth-order valence-electron chi connectivity index (χ4n) is 3.08. The largest absolute Gasteiger partial charge is 0.356 e. The van der Waals surface area contributed by atoms with Crippen molar-refractivity contribution in [2.75, 3.05) is 10.6 Å². The van der Waals surface area contributed by atoms with Gasteiger partial charge in [-0.3, -0.25) is 0 Å². The number of para-hydroxylation sites is 2. The average molecular weight is 350 g/mol. The zero-order chi connectivity index (χ0) is 18.3. The van der Waals surface area contributed by atoms with E-state index in [4.69, 9.17) is 0 Å². The van der Waals surface area contributed by atoms with Crippen LogP contribution in [0.2, 0.25) is 0 Å². The first-order valence-corrected chi connectivity index (χ1v) is 9.17. The Morgan fingerprint density at radius 2 is 0.926 bits per heavy atom. The van der Waals surface area contributed by atoms with E-state index in [1.54, 1.807) is 0 Å². The van der Waals surface area contributed by atoms with Crippen molar-refractivity contribution >= 4 is 22.7 Å². The van der Waals surface area contributed by atoms with Gasteiger partial charge in [0.1, 0.15) is 0 Å². The Balaban J connectivity index is 1.42. The minimum absolute atomic E-state index is 0.913. The normalized spacial score (nSPS) is 10.4. The molecule has 0 atom stereocenters. The minimum atomic E-state index is 0.913. The molecule has 2 heteroatoms. The summed E-state index contributed by atoms with van der Waals surface area (Å²) >= 11 is 0. The van der Waals surface area contributed by atoms with Crippen molar-refractivity contribution < 1.29 is 0 Å². The van der Waals surface area contributed by atoms with Crippen molar-refractivity contribution in [2.24, 2.45) is 0 Å². The molecule has 0 amide bonds. The monoisotopic (exact) mass is 350 g/mol. The molecule has 0 aliphatic carbocycles. The van der Waals surface area contributed by atoms with Gasteiger partial charge in [-0.1, -0.05) is 60.7 Å². The summed E-state index contributed by atoms with van der Waals surface area (Å²) in [5.41, 5.74) is 7.01. The molecule has 0 saturated heterocycles. The lowest BCUT2D eigenvalue weighted by molar-refractivity contribution is 1.19. The Labute approximate surface area is 160 Å². The van der Waals surface area contributed by atoms with E-state index in [1.807, 2.05) is 36.4 Å². The molecule has 0 unspecified atom stereocenters. The number of anilines is 4. The third kappa shape index (κ3) is 4.77. The van der Waals surface area contributed by atoms with Crippen LogP contribution in [-0.4, -0.2) is 0 Å². The van der Waals surface area contributed by atoms with Gasteiger partial charge in [-0.15, -0.1) is 0 Å². The first-order chi connectivity index (χ1) is 13.3. The topological polar surface area (TPSA) is 24.1 Å². The van der Waals surface area contributed by atoms with Gasteiger partial charge >= 0.3 is 0 Å². The first kappa shape index (κ1) is 16.9. The van der Waals surface area contributed by atoms with E-state index in [-0.39, 0.29) is 0 Å².